The number of nitrogens with two attached hydrogens (primary N) is 3. The maximum absolute atomic E-state index is 11.7. The number of thioether (sulfide) groups is 1. The minimum absolute atomic E-state index is 0.155. The number of carboxylic acids is 1. The maximum atomic E-state index is 11.7. The van der Waals surface area contributed by atoms with Crippen molar-refractivity contribution in [2.45, 2.75) is 42.0 Å². The van der Waals surface area contributed by atoms with Gasteiger partial charge in [-0.1, -0.05) is 13.0 Å². The summed E-state index contributed by atoms with van der Waals surface area (Å²) in [7, 11) is 1.86. The first-order valence-corrected chi connectivity index (χ1v) is 8.64. The Morgan fingerprint density at radius 2 is 2.21 bits per heavy atom. The molecule has 1 saturated heterocycles. The number of likely N-dealkylation sites (N-methyl/N-ethyl adjacent to an activating group) is 1. The number of carbonyl (C=O) groups excluding carboxylic acids is 3. The highest BCUT2D eigenvalue weighted by atomic mass is 32.2. The number of primary amides is 1. The Hall–Kier alpha value is -1.84. The molecule has 9 heteroatoms. The highest BCUT2D eigenvalue weighted by Gasteiger charge is 2.50. The number of aliphatic carboxylic acids is 1. The summed E-state index contributed by atoms with van der Waals surface area (Å²) in [6.07, 6.45) is 6.04. The SMILES string of the molecule is CCC(/C=C/C1C=C(C(=O)[O-])N2C(=O)[C@@H](N)[C@H]2S1)(CC(N)=O)[NH2+]C. The Morgan fingerprint density at radius 1 is 1.54 bits per heavy atom. The normalized spacial score (nSPS) is 28.8. The molecule has 1 fully saturated rings. The Labute approximate surface area is 144 Å². The maximum Gasteiger partial charge on any atom is 0.248 e. The van der Waals surface area contributed by atoms with Crippen LogP contribution in [0.3, 0.4) is 0 Å². The molecule has 2 amide bonds. The van der Waals surface area contributed by atoms with Gasteiger partial charge in [0.1, 0.15) is 17.0 Å². The van der Waals surface area contributed by atoms with Crippen LogP contribution in [0.25, 0.3) is 0 Å². The molecule has 2 rings (SSSR count). The van der Waals surface area contributed by atoms with E-state index in [9.17, 15) is 19.5 Å². The number of quaternary nitrogens is 1. The van der Waals surface area contributed by atoms with E-state index < -0.39 is 34.7 Å². The first kappa shape index (κ1) is 18.5. The van der Waals surface area contributed by atoms with Crippen molar-refractivity contribution in [3.05, 3.63) is 23.9 Å². The molecule has 0 saturated carbocycles. The van der Waals surface area contributed by atoms with Gasteiger partial charge in [-0.3, -0.25) is 14.5 Å². The number of β-lactam (4-membered cyclic amide) rings is 1. The van der Waals surface area contributed by atoms with E-state index in [1.807, 2.05) is 31.4 Å². The van der Waals surface area contributed by atoms with Gasteiger partial charge in [-0.15, -0.1) is 11.8 Å². The Kier molecular flexibility index (Phi) is 5.36. The second kappa shape index (κ2) is 6.96. The van der Waals surface area contributed by atoms with Crippen molar-refractivity contribution >= 4 is 29.5 Å². The molecule has 0 aromatic rings. The number of nitrogens with zero attached hydrogens (tertiary/aromatic N) is 1. The Morgan fingerprint density at radius 3 is 2.71 bits per heavy atom. The molecule has 2 unspecified atom stereocenters. The molecule has 0 aliphatic carbocycles. The van der Waals surface area contributed by atoms with Crippen LogP contribution >= 0.6 is 11.8 Å². The fraction of sp³-hybridized carbons (Fsp3) is 0.533. The molecule has 0 radical (unpaired) electrons. The highest BCUT2D eigenvalue weighted by molar-refractivity contribution is 8.01. The molecular weight excluding hydrogens is 332 g/mol. The summed E-state index contributed by atoms with van der Waals surface area (Å²) in [6.45, 7) is 1.95. The Bertz CT molecular complexity index is 615. The monoisotopic (exact) mass is 354 g/mol. The van der Waals surface area contributed by atoms with Gasteiger partial charge in [-0.05, 0) is 12.2 Å². The minimum Gasteiger partial charge on any atom is -0.543 e. The van der Waals surface area contributed by atoms with Gasteiger partial charge in [0, 0.05) is 11.7 Å². The lowest BCUT2D eigenvalue weighted by Crippen LogP contribution is -2.93. The average molecular weight is 354 g/mol. The van der Waals surface area contributed by atoms with Crippen LogP contribution in [0.15, 0.2) is 23.9 Å². The van der Waals surface area contributed by atoms with E-state index in [-0.39, 0.29) is 17.4 Å². The van der Waals surface area contributed by atoms with E-state index in [1.165, 1.54) is 17.8 Å². The molecule has 4 atom stereocenters. The third kappa shape index (κ3) is 3.33. The number of hydrogen-bond donors (Lipinski definition) is 3. The van der Waals surface area contributed by atoms with Crippen molar-refractivity contribution in [2.24, 2.45) is 11.5 Å². The summed E-state index contributed by atoms with van der Waals surface area (Å²) in [5.41, 5.74) is 10.5. The van der Waals surface area contributed by atoms with Gasteiger partial charge < -0.3 is 26.7 Å². The van der Waals surface area contributed by atoms with Crippen LogP contribution in [0.4, 0.5) is 0 Å². The summed E-state index contributed by atoms with van der Waals surface area (Å²) in [4.78, 5) is 35.5. The van der Waals surface area contributed by atoms with E-state index in [4.69, 9.17) is 11.5 Å². The second-order valence-electron chi connectivity index (χ2n) is 5.94. The van der Waals surface area contributed by atoms with Gasteiger partial charge in [0.2, 0.25) is 11.8 Å². The largest absolute Gasteiger partial charge is 0.543 e. The first-order valence-electron chi connectivity index (χ1n) is 7.70. The van der Waals surface area contributed by atoms with Crippen molar-refractivity contribution in [2.75, 3.05) is 7.05 Å². The van der Waals surface area contributed by atoms with Crippen LogP contribution in [0.2, 0.25) is 0 Å². The van der Waals surface area contributed by atoms with Crippen LogP contribution in [-0.2, 0) is 14.4 Å². The van der Waals surface area contributed by atoms with E-state index >= 15 is 0 Å². The lowest BCUT2D eigenvalue weighted by molar-refractivity contribution is -0.691. The molecular formula is C15H22N4O4S. The highest BCUT2D eigenvalue weighted by Crippen LogP contribution is 2.40. The van der Waals surface area contributed by atoms with Crippen molar-refractivity contribution in [3.63, 3.8) is 0 Å². The summed E-state index contributed by atoms with van der Waals surface area (Å²) in [6, 6.07) is -0.715. The van der Waals surface area contributed by atoms with Crippen LogP contribution in [0.1, 0.15) is 19.8 Å². The summed E-state index contributed by atoms with van der Waals surface area (Å²) in [5, 5.41) is 12.5. The zero-order chi connectivity index (χ0) is 18.1. The topological polar surface area (TPSA) is 146 Å². The summed E-state index contributed by atoms with van der Waals surface area (Å²) >= 11 is 1.39. The summed E-state index contributed by atoms with van der Waals surface area (Å²) < 4.78 is 0. The number of fused-ring (bicyclic) bond motifs is 1. The molecule has 24 heavy (non-hydrogen) atoms. The van der Waals surface area contributed by atoms with Gasteiger partial charge in [0.05, 0.1) is 25.1 Å². The zero-order valence-corrected chi connectivity index (χ0v) is 14.4. The number of hydrogen-bond acceptors (Lipinski definition) is 6. The molecule has 0 aromatic carbocycles. The molecule has 132 valence electrons. The Balaban J connectivity index is 2.25. The van der Waals surface area contributed by atoms with Gasteiger partial charge >= 0.3 is 0 Å². The van der Waals surface area contributed by atoms with E-state index in [1.54, 1.807) is 0 Å². The fourth-order valence-electron chi connectivity index (χ4n) is 2.91. The van der Waals surface area contributed by atoms with Gasteiger partial charge in [0.25, 0.3) is 0 Å². The predicted molar refractivity (Wildman–Crippen MR) is 86.9 cm³/mol. The number of amides is 2. The van der Waals surface area contributed by atoms with E-state index in [2.05, 4.69) is 0 Å². The molecule has 2 aliphatic rings. The summed E-state index contributed by atoms with van der Waals surface area (Å²) in [5.74, 6) is -2.22. The van der Waals surface area contributed by atoms with Gasteiger partial charge in [-0.25, -0.2) is 0 Å². The molecule has 2 heterocycles. The fourth-order valence-corrected chi connectivity index (χ4v) is 4.23. The number of carboxylic acid groups (broad SMARTS) is 1. The number of rotatable bonds is 7. The van der Waals surface area contributed by atoms with E-state index in [0.29, 0.717) is 6.42 Å². The quantitative estimate of drug-likeness (QED) is 0.328. The molecule has 2 aliphatic heterocycles. The van der Waals surface area contributed by atoms with Gasteiger partial charge in [-0.2, -0.15) is 0 Å². The predicted octanol–water partition coefficient (Wildman–Crippen LogP) is -3.00. The van der Waals surface area contributed by atoms with Crippen molar-refractivity contribution in [1.29, 1.82) is 0 Å². The van der Waals surface area contributed by atoms with Crippen LogP contribution < -0.4 is 21.9 Å². The van der Waals surface area contributed by atoms with Gasteiger partial charge in [0.15, 0.2) is 0 Å². The van der Waals surface area contributed by atoms with Crippen LogP contribution in [-0.4, -0.2) is 51.9 Å². The van der Waals surface area contributed by atoms with Crippen LogP contribution in [0.5, 0.6) is 0 Å². The smallest absolute Gasteiger partial charge is 0.248 e. The zero-order valence-electron chi connectivity index (χ0n) is 13.6. The third-order valence-corrected chi connectivity index (χ3v) is 5.92. The lowest BCUT2D eigenvalue weighted by atomic mass is 9.91. The molecule has 0 spiro atoms. The van der Waals surface area contributed by atoms with Crippen molar-refractivity contribution in [1.82, 2.24) is 4.90 Å². The number of carbonyl (C=O) groups is 3. The second-order valence-corrected chi connectivity index (χ2v) is 7.24. The van der Waals surface area contributed by atoms with Crippen molar-refractivity contribution in [3.8, 4) is 0 Å². The first-order chi connectivity index (χ1) is 11.2. The van der Waals surface area contributed by atoms with Crippen LogP contribution in [0, 0.1) is 0 Å². The molecule has 0 bridgehead atoms. The molecule has 6 N–H and O–H groups in total. The van der Waals surface area contributed by atoms with Crippen molar-refractivity contribution < 1.29 is 24.8 Å². The molecule has 8 nitrogen and oxygen atoms in total. The minimum atomic E-state index is -1.40. The van der Waals surface area contributed by atoms with E-state index in [0.717, 1.165) is 4.90 Å². The standard InChI is InChI=1S/C15H22N4O4S/c1-3-15(18-2,7-10(16)20)5-4-8-6-9(14(22)23)19-12(21)11(17)13(19)24-8/h4-6,8,11,13,18H,3,7,17H2,1-2H3,(H2,16,20)(H,22,23)/b5-4+/t8?,11-,13-,15?/m1/s1. The molecule has 0 aromatic heterocycles. The third-order valence-electron chi connectivity index (χ3n) is 4.53. The average Bonchev–Trinajstić information content (AvgIpc) is 2.56. The lowest BCUT2D eigenvalue weighted by Gasteiger charge is -2.49.